The second-order valence-electron chi connectivity index (χ2n) is 7.48. The van der Waals surface area contributed by atoms with E-state index < -0.39 is 17.7 Å². The molecule has 172 valence electrons. The van der Waals surface area contributed by atoms with Crippen LogP contribution in [0.25, 0.3) is 5.76 Å². The zero-order chi connectivity index (χ0) is 24.1. The van der Waals surface area contributed by atoms with Gasteiger partial charge in [0.15, 0.2) is 0 Å². The smallest absolute Gasteiger partial charge is 0.301 e. The lowest BCUT2D eigenvalue weighted by Crippen LogP contribution is -2.30. The molecule has 1 fully saturated rings. The Morgan fingerprint density at radius 2 is 1.71 bits per heavy atom. The first kappa shape index (κ1) is 22.8. The molecule has 7 heteroatoms. The number of rotatable bonds is 8. The third-order valence-electron chi connectivity index (χ3n) is 5.34. The number of hydrogen-bond acceptors (Lipinski definition) is 6. The molecule has 4 rings (SSSR count). The summed E-state index contributed by atoms with van der Waals surface area (Å²) in [5.41, 5.74) is 1.02. The van der Waals surface area contributed by atoms with E-state index in [1.807, 2.05) is 6.92 Å². The third-order valence-corrected chi connectivity index (χ3v) is 5.34. The second kappa shape index (κ2) is 10.0. The Labute approximate surface area is 197 Å². The standard InChI is InChI=1S/C27H24N2O5/c1-3-17-34-21-14-10-19(11-15-21)25(30)23-24(18-8-12-20(13-9-18)33-4-2)29(27(32)26(23)31)22-7-5-6-16-28-22/h3,5-16,24,30H,1,4,17H2,2H3/b25-23+/t24-/m1/s1. The number of nitrogens with zero attached hydrogens (tertiary/aromatic N) is 2. The summed E-state index contributed by atoms with van der Waals surface area (Å²) in [6, 6.07) is 18.0. The van der Waals surface area contributed by atoms with Gasteiger partial charge in [-0.1, -0.05) is 30.9 Å². The minimum atomic E-state index is -0.859. The van der Waals surface area contributed by atoms with E-state index in [2.05, 4.69) is 11.6 Å². The van der Waals surface area contributed by atoms with Gasteiger partial charge in [0.25, 0.3) is 5.78 Å². The molecular weight excluding hydrogens is 432 g/mol. The van der Waals surface area contributed by atoms with E-state index >= 15 is 0 Å². The number of aliphatic hydroxyl groups is 1. The molecule has 0 saturated carbocycles. The van der Waals surface area contributed by atoms with Crippen LogP contribution in [0.1, 0.15) is 24.1 Å². The lowest BCUT2D eigenvalue weighted by Gasteiger charge is -2.24. The van der Waals surface area contributed by atoms with Crippen molar-refractivity contribution in [3.8, 4) is 11.5 Å². The van der Waals surface area contributed by atoms with Crippen molar-refractivity contribution in [1.82, 2.24) is 4.98 Å². The molecule has 0 unspecified atom stereocenters. The number of hydrogen-bond donors (Lipinski definition) is 1. The van der Waals surface area contributed by atoms with Crippen molar-refractivity contribution in [2.24, 2.45) is 0 Å². The molecule has 1 atom stereocenters. The van der Waals surface area contributed by atoms with Gasteiger partial charge in [-0.3, -0.25) is 14.5 Å². The van der Waals surface area contributed by atoms with E-state index in [0.29, 0.717) is 41.7 Å². The summed E-state index contributed by atoms with van der Waals surface area (Å²) in [5, 5.41) is 11.2. The quantitative estimate of drug-likeness (QED) is 0.229. The molecule has 34 heavy (non-hydrogen) atoms. The normalized spacial score (nSPS) is 17.0. The highest BCUT2D eigenvalue weighted by molar-refractivity contribution is 6.51. The molecule has 0 spiro atoms. The molecule has 2 heterocycles. The summed E-state index contributed by atoms with van der Waals surface area (Å²) in [4.78, 5) is 31.9. The zero-order valence-electron chi connectivity index (χ0n) is 18.7. The van der Waals surface area contributed by atoms with Crippen LogP contribution in [0.3, 0.4) is 0 Å². The van der Waals surface area contributed by atoms with Gasteiger partial charge in [-0.2, -0.15) is 0 Å². The van der Waals surface area contributed by atoms with Crippen LogP contribution >= 0.6 is 0 Å². The number of aromatic nitrogens is 1. The molecule has 1 amide bonds. The first-order valence-corrected chi connectivity index (χ1v) is 10.8. The van der Waals surface area contributed by atoms with E-state index in [1.54, 1.807) is 79.0 Å². The lowest BCUT2D eigenvalue weighted by molar-refractivity contribution is -0.132. The van der Waals surface area contributed by atoms with Gasteiger partial charge < -0.3 is 14.6 Å². The van der Waals surface area contributed by atoms with Crippen LogP contribution < -0.4 is 14.4 Å². The summed E-state index contributed by atoms with van der Waals surface area (Å²) < 4.78 is 11.0. The van der Waals surface area contributed by atoms with Crippen LogP contribution in [-0.4, -0.2) is 35.0 Å². The lowest BCUT2D eigenvalue weighted by atomic mass is 9.95. The number of ether oxygens (including phenoxy) is 2. The van der Waals surface area contributed by atoms with Gasteiger partial charge in [0, 0.05) is 11.8 Å². The van der Waals surface area contributed by atoms with Crippen molar-refractivity contribution in [2.75, 3.05) is 18.1 Å². The molecule has 1 aromatic heterocycles. The average Bonchev–Trinajstić information content (AvgIpc) is 3.14. The largest absolute Gasteiger partial charge is 0.507 e. The van der Waals surface area contributed by atoms with Gasteiger partial charge in [-0.15, -0.1) is 0 Å². The highest BCUT2D eigenvalue weighted by Gasteiger charge is 2.47. The molecule has 2 aromatic carbocycles. The maximum atomic E-state index is 13.2. The molecule has 1 saturated heterocycles. The van der Waals surface area contributed by atoms with Crippen LogP contribution in [0.2, 0.25) is 0 Å². The molecule has 0 aliphatic carbocycles. The predicted molar refractivity (Wildman–Crippen MR) is 129 cm³/mol. The number of carbonyl (C=O) groups is 2. The van der Waals surface area contributed by atoms with E-state index in [1.165, 1.54) is 4.90 Å². The van der Waals surface area contributed by atoms with Crippen LogP contribution in [-0.2, 0) is 9.59 Å². The third kappa shape index (κ3) is 4.41. The predicted octanol–water partition coefficient (Wildman–Crippen LogP) is 4.67. The van der Waals surface area contributed by atoms with Gasteiger partial charge in [0.1, 0.15) is 29.7 Å². The molecule has 3 aromatic rings. The van der Waals surface area contributed by atoms with Gasteiger partial charge in [-0.25, -0.2) is 4.98 Å². The summed E-state index contributed by atoms with van der Waals surface area (Å²) in [7, 11) is 0. The van der Waals surface area contributed by atoms with Crippen molar-refractivity contribution < 1.29 is 24.2 Å². The number of benzene rings is 2. The summed E-state index contributed by atoms with van der Waals surface area (Å²) >= 11 is 0. The Bertz CT molecular complexity index is 1220. The molecule has 7 nitrogen and oxygen atoms in total. The van der Waals surface area contributed by atoms with E-state index in [0.717, 1.165) is 0 Å². The summed E-state index contributed by atoms with van der Waals surface area (Å²) in [5.74, 6) is -0.245. The number of pyridine rings is 1. The van der Waals surface area contributed by atoms with Crippen molar-refractivity contribution in [1.29, 1.82) is 0 Å². The van der Waals surface area contributed by atoms with Gasteiger partial charge in [-0.05, 0) is 61.0 Å². The summed E-state index contributed by atoms with van der Waals surface area (Å²) in [6.07, 6.45) is 3.18. The molecule has 0 bridgehead atoms. The Morgan fingerprint density at radius 3 is 2.32 bits per heavy atom. The zero-order valence-corrected chi connectivity index (χ0v) is 18.7. The van der Waals surface area contributed by atoms with Gasteiger partial charge in [0.05, 0.1) is 18.2 Å². The maximum Gasteiger partial charge on any atom is 0.301 e. The Hall–Kier alpha value is -4.39. The molecule has 1 N–H and O–H groups in total. The molecule has 0 radical (unpaired) electrons. The van der Waals surface area contributed by atoms with Gasteiger partial charge >= 0.3 is 5.91 Å². The fraction of sp³-hybridized carbons (Fsp3) is 0.148. The van der Waals surface area contributed by atoms with Crippen LogP contribution in [0.15, 0.2) is 91.2 Å². The van der Waals surface area contributed by atoms with Crippen molar-refractivity contribution in [3.05, 3.63) is 102 Å². The van der Waals surface area contributed by atoms with Gasteiger partial charge in [0.2, 0.25) is 0 Å². The van der Waals surface area contributed by atoms with Crippen LogP contribution in [0, 0.1) is 0 Å². The first-order valence-electron chi connectivity index (χ1n) is 10.8. The number of aliphatic hydroxyl groups excluding tert-OH is 1. The monoisotopic (exact) mass is 456 g/mol. The number of ketones is 1. The highest BCUT2D eigenvalue weighted by Crippen LogP contribution is 2.41. The van der Waals surface area contributed by atoms with Crippen LogP contribution in [0.5, 0.6) is 11.5 Å². The molecule has 1 aliphatic heterocycles. The van der Waals surface area contributed by atoms with Crippen molar-refractivity contribution in [3.63, 3.8) is 0 Å². The Balaban J connectivity index is 1.82. The topological polar surface area (TPSA) is 89.0 Å². The van der Waals surface area contributed by atoms with E-state index in [-0.39, 0.29) is 11.3 Å². The van der Waals surface area contributed by atoms with Crippen molar-refractivity contribution in [2.45, 2.75) is 13.0 Å². The van der Waals surface area contributed by atoms with E-state index in [4.69, 9.17) is 9.47 Å². The average molecular weight is 456 g/mol. The highest BCUT2D eigenvalue weighted by atomic mass is 16.5. The summed E-state index contributed by atoms with van der Waals surface area (Å²) in [6.45, 7) is 6.36. The number of carbonyl (C=O) groups excluding carboxylic acids is 2. The van der Waals surface area contributed by atoms with E-state index in [9.17, 15) is 14.7 Å². The fourth-order valence-corrected chi connectivity index (χ4v) is 3.81. The Morgan fingerprint density at radius 1 is 1.03 bits per heavy atom. The second-order valence-corrected chi connectivity index (χ2v) is 7.48. The number of amides is 1. The van der Waals surface area contributed by atoms with Crippen molar-refractivity contribution >= 4 is 23.3 Å². The first-order chi connectivity index (χ1) is 16.5. The number of Topliss-reactive ketones (excluding diaryl/α,β-unsaturated/α-hetero) is 1. The molecule has 1 aliphatic rings. The molecular formula is C27H24N2O5. The minimum absolute atomic E-state index is 0.0143. The maximum absolute atomic E-state index is 13.2. The SMILES string of the molecule is C=CCOc1ccc(/C(O)=C2\C(=O)C(=O)N(c3ccccn3)[C@@H]2c2ccc(OCC)cc2)cc1. The Kier molecular flexibility index (Phi) is 6.73. The fourth-order valence-electron chi connectivity index (χ4n) is 3.81. The number of anilines is 1. The van der Waals surface area contributed by atoms with Crippen LogP contribution in [0.4, 0.5) is 5.82 Å². The minimum Gasteiger partial charge on any atom is -0.507 e.